The molecule has 0 aliphatic heterocycles. The molecule has 31 heavy (non-hydrogen) atoms. The number of hydrogen-bond acceptors (Lipinski definition) is 3. The van der Waals surface area contributed by atoms with E-state index in [1.807, 2.05) is 0 Å². The first-order valence-corrected chi connectivity index (χ1v) is 8.60. The monoisotopic (exact) mass is 438 g/mol. The van der Waals surface area contributed by atoms with Gasteiger partial charge in [-0.2, -0.15) is 8.78 Å². The van der Waals surface area contributed by atoms with Crippen molar-refractivity contribution in [2.75, 3.05) is 6.61 Å². The fourth-order valence-electron chi connectivity index (χ4n) is 2.77. The first-order valence-electron chi connectivity index (χ1n) is 8.60. The Morgan fingerprint density at radius 2 is 1.61 bits per heavy atom. The van der Waals surface area contributed by atoms with Crippen LogP contribution >= 0.6 is 0 Å². The predicted octanol–water partition coefficient (Wildman–Crippen LogP) is 6.42. The van der Waals surface area contributed by atoms with Gasteiger partial charge in [0.05, 0.1) is 5.56 Å². The van der Waals surface area contributed by atoms with E-state index in [0.29, 0.717) is 0 Å². The van der Waals surface area contributed by atoms with E-state index in [2.05, 4.69) is 6.58 Å². The molecule has 0 unspecified atom stereocenters. The van der Waals surface area contributed by atoms with Crippen molar-refractivity contribution in [1.29, 1.82) is 0 Å². The van der Waals surface area contributed by atoms with Gasteiger partial charge in [0.25, 0.3) is 6.08 Å². The molecular formula is C22H12F6O3. The molecule has 160 valence electrons. The minimum atomic E-state index is -2.28. The number of carbonyl (C=O) groups is 1. The zero-order valence-corrected chi connectivity index (χ0v) is 15.5. The van der Waals surface area contributed by atoms with E-state index >= 15 is 0 Å². The summed E-state index contributed by atoms with van der Waals surface area (Å²) >= 11 is 0. The lowest BCUT2D eigenvalue weighted by atomic mass is 10.0. The van der Waals surface area contributed by atoms with Gasteiger partial charge >= 0.3 is 5.97 Å². The Morgan fingerprint density at radius 1 is 0.935 bits per heavy atom. The van der Waals surface area contributed by atoms with Gasteiger partial charge in [0.2, 0.25) is 0 Å². The number of rotatable bonds is 6. The lowest BCUT2D eigenvalue weighted by Gasteiger charge is -2.10. The molecule has 0 aliphatic carbocycles. The molecule has 0 amide bonds. The molecule has 0 spiro atoms. The first kappa shape index (κ1) is 21.9. The third-order valence-corrected chi connectivity index (χ3v) is 4.09. The summed E-state index contributed by atoms with van der Waals surface area (Å²) in [4.78, 5) is 12.2. The summed E-state index contributed by atoms with van der Waals surface area (Å²) in [7, 11) is 0. The molecule has 3 aromatic carbocycles. The van der Waals surface area contributed by atoms with Crippen LogP contribution in [0.1, 0.15) is 15.9 Å². The highest BCUT2D eigenvalue weighted by atomic mass is 19.3. The average Bonchev–Trinajstić information content (AvgIpc) is 2.68. The van der Waals surface area contributed by atoms with Crippen molar-refractivity contribution >= 4 is 22.8 Å². The third kappa shape index (κ3) is 4.71. The molecule has 9 heteroatoms. The summed E-state index contributed by atoms with van der Waals surface area (Å²) in [6.07, 6.45) is -0.879. The first-order chi connectivity index (χ1) is 14.7. The maximum Gasteiger partial charge on any atom is 0.349 e. The smallest absolute Gasteiger partial charge is 0.349 e. The van der Waals surface area contributed by atoms with Gasteiger partial charge in [0.1, 0.15) is 46.9 Å². The fraction of sp³-hybridized carbons (Fsp3) is 0.0455. The number of benzene rings is 3. The van der Waals surface area contributed by atoms with E-state index in [1.54, 1.807) is 0 Å². The average molecular weight is 438 g/mol. The largest absolute Gasteiger partial charge is 0.489 e. The van der Waals surface area contributed by atoms with E-state index in [1.165, 1.54) is 6.08 Å². The van der Waals surface area contributed by atoms with Gasteiger partial charge in [-0.05, 0) is 29.7 Å². The van der Waals surface area contributed by atoms with Crippen LogP contribution in [-0.4, -0.2) is 12.6 Å². The van der Waals surface area contributed by atoms with Crippen molar-refractivity contribution < 1.29 is 40.6 Å². The molecule has 0 fully saturated rings. The van der Waals surface area contributed by atoms with Crippen LogP contribution in [0.2, 0.25) is 0 Å². The van der Waals surface area contributed by atoms with Gasteiger partial charge in [0.15, 0.2) is 0 Å². The standard InChI is InChI=1S/C22H12F6O3/c1-2-5-30-13-8-17(24)20(18(25)9-13)22(29)31-12-3-4-14-11(6-12)7-16(23)15(21(14)28)10-19(26)27/h2-4,6-10H,1,5H2. The van der Waals surface area contributed by atoms with Crippen LogP contribution in [-0.2, 0) is 0 Å². The summed E-state index contributed by atoms with van der Waals surface area (Å²) in [6, 6.07) is 5.48. The van der Waals surface area contributed by atoms with Crippen LogP contribution in [0.3, 0.4) is 0 Å². The topological polar surface area (TPSA) is 35.5 Å². The van der Waals surface area contributed by atoms with Crippen molar-refractivity contribution in [2.24, 2.45) is 0 Å². The summed E-state index contributed by atoms with van der Waals surface area (Å²) in [5.74, 6) is -6.84. The lowest BCUT2D eigenvalue weighted by Crippen LogP contribution is -2.13. The van der Waals surface area contributed by atoms with Crippen LogP contribution in [0, 0.1) is 23.3 Å². The number of halogens is 6. The Kier molecular flexibility index (Phi) is 6.33. The summed E-state index contributed by atoms with van der Waals surface area (Å²) in [5.41, 5.74) is -1.93. The minimum absolute atomic E-state index is 0.0116. The molecule has 3 aromatic rings. The molecule has 0 radical (unpaired) electrons. The Morgan fingerprint density at radius 3 is 2.23 bits per heavy atom. The molecule has 3 rings (SSSR count). The quantitative estimate of drug-likeness (QED) is 0.193. The number of hydrogen-bond donors (Lipinski definition) is 0. The van der Waals surface area contributed by atoms with Crippen molar-refractivity contribution in [3.63, 3.8) is 0 Å². The van der Waals surface area contributed by atoms with Crippen LogP contribution < -0.4 is 9.47 Å². The Labute approximate surface area is 171 Å². The second kappa shape index (κ2) is 8.95. The van der Waals surface area contributed by atoms with E-state index < -0.39 is 46.4 Å². The molecule has 0 bridgehead atoms. The van der Waals surface area contributed by atoms with Gasteiger partial charge in [0, 0.05) is 23.6 Å². The fourth-order valence-corrected chi connectivity index (χ4v) is 2.77. The molecule has 0 saturated carbocycles. The van der Waals surface area contributed by atoms with Crippen molar-refractivity contribution in [1.82, 2.24) is 0 Å². The van der Waals surface area contributed by atoms with Crippen LogP contribution in [0.4, 0.5) is 26.3 Å². The van der Waals surface area contributed by atoms with Gasteiger partial charge < -0.3 is 9.47 Å². The Hall–Kier alpha value is -3.75. The van der Waals surface area contributed by atoms with Gasteiger partial charge in [-0.1, -0.05) is 12.7 Å². The predicted molar refractivity (Wildman–Crippen MR) is 101 cm³/mol. The number of ether oxygens (including phenoxy) is 2. The van der Waals surface area contributed by atoms with Crippen molar-refractivity contribution in [2.45, 2.75) is 0 Å². The number of fused-ring (bicyclic) bond motifs is 1. The van der Waals surface area contributed by atoms with E-state index in [-0.39, 0.29) is 35.0 Å². The zero-order valence-electron chi connectivity index (χ0n) is 15.5. The Bertz CT molecular complexity index is 1190. The molecule has 0 saturated heterocycles. The SMILES string of the molecule is C=CCOc1cc(F)c(C(=O)Oc2ccc3c(F)c(C=C(F)F)c(F)cc3c2)c(F)c1. The van der Waals surface area contributed by atoms with Crippen molar-refractivity contribution in [3.05, 3.63) is 89.5 Å². The highest BCUT2D eigenvalue weighted by molar-refractivity contribution is 5.93. The van der Waals surface area contributed by atoms with E-state index in [0.717, 1.165) is 36.4 Å². The van der Waals surface area contributed by atoms with Gasteiger partial charge in [-0.25, -0.2) is 22.4 Å². The highest BCUT2D eigenvalue weighted by Crippen LogP contribution is 2.30. The van der Waals surface area contributed by atoms with Crippen LogP contribution in [0.15, 0.2) is 55.1 Å². The third-order valence-electron chi connectivity index (χ3n) is 4.09. The Balaban J connectivity index is 1.92. The van der Waals surface area contributed by atoms with Gasteiger partial charge in [-0.15, -0.1) is 0 Å². The van der Waals surface area contributed by atoms with E-state index in [9.17, 15) is 31.1 Å². The number of carbonyl (C=O) groups excluding carboxylic acids is 1. The molecule has 0 aromatic heterocycles. The maximum atomic E-state index is 14.3. The molecule has 0 aliphatic rings. The maximum absolute atomic E-state index is 14.3. The molecular weight excluding hydrogens is 426 g/mol. The normalized spacial score (nSPS) is 10.6. The van der Waals surface area contributed by atoms with Crippen LogP contribution in [0.5, 0.6) is 11.5 Å². The highest BCUT2D eigenvalue weighted by Gasteiger charge is 2.22. The molecule has 0 heterocycles. The van der Waals surface area contributed by atoms with E-state index in [4.69, 9.17) is 9.47 Å². The van der Waals surface area contributed by atoms with Crippen molar-refractivity contribution in [3.8, 4) is 11.5 Å². The zero-order chi connectivity index (χ0) is 22.7. The lowest BCUT2D eigenvalue weighted by molar-refractivity contribution is 0.0724. The van der Waals surface area contributed by atoms with Crippen LogP contribution in [0.25, 0.3) is 16.8 Å². The second-order valence-electron chi connectivity index (χ2n) is 6.15. The molecule has 0 atom stereocenters. The summed E-state index contributed by atoms with van der Waals surface area (Å²) < 4.78 is 91.4. The minimum Gasteiger partial charge on any atom is -0.489 e. The summed E-state index contributed by atoms with van der Waals surface area (Å²) in [5, 5.41) is -0.347. The molecule has 0 N–H and O–H groups in total. The second-order valence-corrected chi connectivity index (χ2v) is 6.15. The molecule has 3 nitrogen and oxygen atoms in total. The summed E-state index contributed by atoms with van der Waals surface area (Å²) in [6.45, 7) is 3.38. The number of esters is 1. The van der Waals surface area contributed by atoms with Gasteiger partial charge in [-0.3, -0.25) is 0 Å².